The van der Waals surface area contributed by atoms with Crippen LogP contribution in [0.2, 0.25) is 0 Å². The Morgan fingerprint density at radius 2 is 1.91 bits per heavy atom. The van der Waals surface area contributed by atoms with Crippen LogP contribution in [0.1, 0.15) is 29.7 Å². The van der Waals surface area contributed by atoms with Crippen molar-refractivity contribution in [3.63, 3.8) is 0 Å². The van der Waals surface area contributed by atoms with Crippen molar-refractivity contribution in [1.82, 2.24) is 0 Å². The van der Waals surface area contributed by atoms with E-state index >= 15 is 0 Å². The molecule has 22 heavy (non-hydrogen) atoms. The molecule has 0 aliphatic heterocycles. The number of anilines is 1. The summed E-state index contributed by atoms with van der Waals surface area (Å²) in [4.78, 5) is 2.19. The van der Waals surface area contributed by atoms with E-state index in [-0.39, 0.29) is 0 Å². The number of rotatable bonds is 6. The third-order valence-corrected chi connectivity index (χ3v) is 3.95. The molecule has 118 valence electrons. The van der Waals surface area contributed by atoms with Gasteiger partial charge in [0.2, 0.25) is 0 Å². The van der Waals surface area contributed by atoms with E-state index in [1.165, 1.54) is 5.56 Å². The topological polar surface area (TPSA) is 32.7 Å². The number of hydrogen-bond donors (Lipinski definition) is 1. The van der Waals surface area contributed by atoms with E-state index < -0.39 is 6.10 Å². The molecule has 2 rings (SSSR count). The zero-order chi connectivity index (χ0) is 16.1. The van der Waals surface area contributed by atoms with Gasteiger partial charge >= 0.3 is 0 Å². The minimum Gasteiger partial charge on any atom is -0.496 e. The molecule has 0 bridgehead atoms. The Labute approximate surface area is 133 Å². The average Bonchev–Trinajstić information content (AvgIpc) is 2.52. The van der Waals surface area contributed by atoms with Crippen LogP contribution in [0, 0.1) is 13.8 Å². The number of aryl methyl sites for hydroxylation is 2. The van der Waals surface area contributed by atoms with Crippen LogP contribution in [0.4, 0.5) is 5.69 Å². The monoisotopic (exact) mass is 299 g/mol. The number of likely N-dealkylation sites (N-methyl/N-ethyl adjacent to an activating group) is 1. The molecule has 2 aromatic carbocycles. The van der Waals surface area contributed by atoms with E-state index in [1.807, 2.05) is 25.1 Å². The van der Waals surface area contributed by atoms with Gasteiger partial charge in [0.05, 0.1) is 13.2 Å². The van der Waals surface area contributed by atoms with Gasteiger partial charge < -0.3 is 14.7 Å². The molecule has 0 amide bonds. The molecule has 1 atom stereocenters. The fourth-order valence-electron chi connectivity index (χ4n) is 2.66. The molecule has 3 nitrogen and oxygen atoms in total. The van der Waals surface area contributed by atoms with Crippen LogP contribution in [-0.2, 0) is 0 Å². The second-order valence-corrected chi connectivity index (χ2v) is 5.62. The molecule has 0 aliphatic rings. The Hall–Kier alpha value is -2.00. The van der Waals surface area contributed by atoms with Gasteiger partial charge in [0, 0.05) is 18.8 Å². The summed E-state index contributed by atoms with van der Waals surface area (Å²) in [5, 5.41) is 10.6. The van der Waals surface area contributed by atoms with Crippen molar-refractivity contribution in [2.75, 3.05) is 25.1 Å². The van der Waals surface area contributed by atoms with Crippen molar-refractivity contribution in [1.29, 1.82) is 0 Å². The maximum Gasteiger partial charge on any atom is 0.121 e. The van der Waals surface area contributed by atoms with Gasteiger partial charge in [-0.15, -0.1) is 0 Å². The average molecular weight is 299 g/mol. The summed E-state index contributed by atoms with van der Waals surface area (Å²) in [5.41, 5.74) is 4.33. The fraction of sp³-hybridized carbons (Fsp3) is 0.368. The van der Waals surface area contributed by atoms with E-state index in [2.05, 4.69) is 43.0 Å². The van der Waals surface area contributed by atoms with Crippen LogP contribution >= 0.6 is 0 Å². The molecule has 0 fully saturated rings. The predicted octanol–water partition coefficient (Wildman–Crippen LogP) is 3.87. The van der Waals surface area contributed by atoms with Crippen molar-refractivity contribution >= 4 is 5.69 Å². The van der Waals surface area contributed by atoms with Gasteiger partial charge in [-0.3, -0.25) is 0 Å². The minimum absolute atomic E-state index is 0.523. The summed E-state index contributed by atoms with van der Waals surface area (Å²) in [5.74, 6) is 0.849. The van der Waals surface area contributed by atoms with Gasteiger partial charge in [-0.05, 0) is 61.7 Å². The summed E-state index contributed by atoms with van der Waals surface area (Å²) in [6.45, 7) is 7.61. The van der Waals surface area contributed by atoms with Crippen molar-refractivity contribution in [3.05, 3.63) is 59.2 Å². The lowest BCUT2D eigenvalue weighted by molar-refractivity contribution is 0.183. The molecular formula is C19H25NO2. The van der Waals surface area contributed by atoms with Crippen LogP contribution in [0.25, 0.3) is 0 Å². The number of nitrogens with zero attached hydrogens (tertiary/aromatic N) is 1. The van der Waals surface area contributed by atoms with E-state index in [9.17, 15) is 5.11 Å². The first-order chi connectivity index (χ1) is 10.5. The highest BCUT2D eigenvalue weighted by molar-refractivity contribution is 5.49. The highest BCUT2D eigenvalue weighted by Gasteiger charge is 2.14. The predicted molar refractivity (Wildman–Crippen MR) is 91.8 cm³/mol. The normalized spacial score (nSPS) is 12.0. The molecular weight excluding hydrogens is 274 g/mol. The number of ether oxygens (including phenoxy) is 1. The van der Waals surface area contributed by atoms with Crippen LogP contribution in [0.15, 0.2) is 42.5 Å². The summed E-state index contributed by atoms with van der Waals surface area (Å²) < 4.78 is 5.27. The number of hydrogen-bond acceptors (Lipinski definition) is 3. The van der Waals surface area contributed by atoms with Crippen molar-refractivity contribution in [3.8, 4) is 5.75 Å². The van der Waals surface area contributed by atoms with Crippen LogP contribution in [0.5, 0.6) is 5.75 Å². The number of aliphatic hydroxyl groups is 1. The van der Waals surface area contributed by atoms with E-state index in [0.29, 0.717) is 6.54 Å². The summed E-state index contributed by atoms with van der Waals surface area (Å²) in [6.07, 6.45) is -0.523. The molecule has 1 N–H and O–H groups in total. The van der Waals surface area contributed by atoms with Gasteiger partial charge in [0.1, 0.15) is 5.75 Å². The van der Waals surface area contributed by atoms with Crippen LogP contribution in [0.3, 0.4) is 0 Å². The maximum atomic E-state index is 10.6. The molecule has 0 spiro atoms. The van der Waals surface area contributed by atoms with E-state index in [4.69, 9.17) is 4.74 Å². The number of methoxy groups -OCH3 is 1. The summed E-state index contributed by atoms with van der Waals surface area (Å²) in [6, 6.07) is 14.2. The zero-order valence-corrected chi connectivity index (χ0v) is 13.8. The first-order valence-electron chi connectivity index (χ1n) is 7.69. The smallest absolute Gasteiger partial charge is 0.121 e. The first-order valence-corrected chi connectivity index (χ1v) is 7.69. The van der Waals surface area contributed by atoms with Gasteiger partial charge in [-0.1, -0.05) is 18.2 Å². The second kappa shape index (κ2) is 7.32. The Bertz CT molecular complexity index is 625. The molecule has 0 saturated heterocycles. The molecule has 3 heteroatoms. The second-order valence-electron chi connectivity index (χ2n) is 5.62. The zero-order valence-electron chi connectivity index (χ0n) is 13.8. The van der Waals surface area contributed by atoms with Gasteiger partial charge in [-0.2, -0.15) is 0 Å². The number of benzene rings is 2. The molecule has 0 aliphatic carbocycles. The standard InChI is InChI=1S/C19H25NO2/c1-5-20(17-8-6-7-14(2)11-17)13-18(21)16-9-10-19(22-4)15(3)12-16/h6-12,18,21H,5,13H2,1-4H3. The molecule has 2 aromatic rings. The van der Waals surface area contributed by atoms with E-state index in [1.54, 1.807) is 7.11 Å². The largest absolute Gasteiger partial charge is 0.496 e. The minimum atomic E-state index is -0.523. The number of aliphatic hydroxyl groups excluding tert-OH is 1. The summed E-state index contributed by atoms with van der Waals surface area (Å²) >= 11 is 0. The third kappa shape index (κ3) is 3.80. The molecule has 1 unspecified atom stereocenters. The van der Waals surface area contributed by atoms with Crippen molar-refractivity contribution in [2.45, 2.75) is 26.9 Å². The van der Waals surface area contributed by atoms with Gasteiger partial charge in [0.15, 0.2) is 0 Å². The van der Waals surface area contributed by atoms with Crippen LogP contribution < -0.4 is 9.64 Å². The first kappa shape index (κ1) is 16.4. The quantitative estimate of drug-likeness (QED) is 0.879. The molecule has 0 radical (unpaired) electrons. The fourth-order valence-corrected chi connectivity index (χ4v) is 2.66. The Balaban J connectivity index is 2.15. The Morgan fingerprint density at radius 1 is 1.14 bits per heavy atom. The summed E-state index contributed by atoms with van der Waals surface area (Å²) in [7, 11) is 1.66. The molecule has 0 aromatic heterocycles. The van der Waals surface area contributed by atoms with Crippen molar-refractivity contribution < 1.29 is 9.84 Å². The highest BCUT2D eigenvalue weighted by Crippen LogP contribution is 2.25. The SMILES string of the molecule is CCN(CC(O)c1ccc(OC)c(C)c1)c1cccc(C)c1. The Morgan fingerprint density at radius 3 is 2.50 bits per heavy atom. The third-order valence-electron chi connectivity index (χ3n) is 3.95. The molecule has 0 heterocycles. The lowest BCUT2D eigenvalue weighted by Gasteiger charge is -2.26. The Kier molecular flexibility index (Phi) is 5.45. The van der Waals surface area contributed by atoms with Gasteiger partial charge in [-0.25, -0.2) is 0 Å². The molecule has 0 saturated carbocycles. The van der Waals surface area contributed by atoms with E-state index in [0.717, 1.165) is 29.1 Å². The maximum absolute atomic E-state index is 10.6. The van der Waals surface area contributed by atoms with Crippen molar-refractivity contribution in [2.24, 2.45) is 0 Å². The van der Waals surface area contributed by atoms with Crippen LogP contribution in [-0.4, -0.2) is 25.3 Å². The highest BCUT2D eigenvalue weighted by atomic mass is 16.5. The van der Waals surface area contributed by atoms with Gasteiger partial charge in [0.25, 0.3) is 0 Å². The lowest BCUT2D eigenvalue weighted by atomic mass is 10.0. The lowest BCUT2D eigenvalue weighted by Crippen LogP contribution is -2.28.